The number of hydrazone groups is 1. The second-order valence-corrected chi connectivity index (χ2v) is 7.05. The van der Waals surface area contributed by atoms with E-state index in [1.807, 2.05) is 56.3 Å². The normalized spacial score (nSPS) is 22.0. The number of halogens is 1. The average Bonchev–Trinajstić information content (AvgIpc) is 3.06. The maximum Gasteiger partial charge on any atom is 0.172 e. The summed E-state index contributed by atoms with van der Waals surface area (Å²) < 4.78 is 0. The first-order valence-corrected chi connectivity index (χ1v) is 9.86. The first kappa shape index (κ1) is 19.8. The molecule has 1 aromatic carbocycles. The Hall–Kier alpha value is -1.95. The molecule has 0 radical (unpaired) electrons. The molecular formula is C21H26ClN3O2. The molecule has 1 aromatic rings. The van der Waals surface area contributed by atoms with Crippen molar-refractivity contribution in [3.05, 3.63) is 58.3 Å². The number of likely N-dealkylation sites (N-methyl/N-ethyl adjacent to an activating group) is 1. The molecule has 2 atom stereocenters. The van der Waals surface area contributed by atoms with Crippen LogP contribution < -0.4 is 0 Å². The third kappa shape index (κ3) is 3.47. The Morgan fingerprint density at radius 2 is 2.07 bits per heavy atom. The summed E-state index contributed by atoms with van der Waals surface area (Å²) in [5.41, 5.74) is 3.45. The minimum absolute atomic E-state index is 0.0217. The van der Waals surface area contributed by atoms with Crippen molar-refractivity contribution >= 4 is 23.1 Å². The fourth-order valence-corrected chi connectivity index (χ4v) is 4.09. The second-order valence-electron chi connectivity index (χ2n) is 6.64. The van der Waals surface area contributed by atoms with Crippen molar-refractivity contribution < 1.29 is 9.90 Å². The molecule has 2 unspecified atom stereocenters. The molecule has 2 aliphatic carbocycles. The summed E-state index contributed by atoms with van der Waals surface area (Å²) in [6.07, 6.45) is 5.95. The number of rotatable bonds is 5. The van der Waals surface area contributed by atoms with Crippen molar-refractivity contribution in [2.24, 2.45) is 16.9 Å². The molecule has 1 N–H and O–H groups in total. The van der Waals surface area contributed by atoms with E-state index in [0.29, 0.717) is 23.7 Å². The Morgan fingerprint density at radius 3 is 2.81 bits per heavy atom. The third-order valence-corrected chi connectivity index (χ3v) is 5.41. The Bertz CT molecular complexity index is 816. The largest absolute Gasteiger partial charge is 0.395 e. The highest BCUT2D eigenvalue weighted by Gasteiger charge is 2.47. The molecule has 0 spiro atoms. The highest BCUT2D eigenvalue weighted by atomic mass is 35.5. The number of nitrogens with zero attached hydrogens (tertiary/aromatic N) is 3. The van der Waals surface area contributed by atoms with Gasteiger partial charge in [-0.05, 0) is 19.2 Å². The van der Waals surface area contributed by atoms with Gasteiger partial charge in [-0.25, -0.2) is 0 Å². The standard InChI is InChI=1S/C19H20ClN3O2.C2H6/c1-22(10-11-24)8-9-23-15-7-3-5-13-17(15)18(21-23)12-4-2-6-14(20)16(12)19(13)25;1-2/h2-7,13,17,24H,8-11H2,1H3;1-2H3. The summed E-state index contributed by atoms with van der Waals surface area (Å²) in [6.45, 7) is 6.27. The van der Waals surface area contributed by atoms with Crippen LogP contribution in [0.15, 0.2) is 47.2 Å². The lowest BCUT2D eigenvalue weighted by Crippen LogP contribution is -2.37. The van der Waals surface area contributed by atoms with Gasteiger partial charge in [-0.3, -0.25) is 9.80 Å². The number of hydrogen-bond acceptors (Lipinski definition) is 5. The number of carbonyl (C=O) groups excluding carboxylic acids is 1. The van der Waals surface area contributed by atoms with Gasteiger partial charge in [-0.15, -0.1) is 0 Å². The van der Waals surface area contributed by atoms with Gasteiger partial charge in [0.2, 0.25) is 0 Å². The smallest absolute Gasteiger partial charge is 0.172 e. The van der Waals surface area contributed by atoms with Crippen molar-refractivity contribution in [1.82, 2.24) is 9.91 Å². The molecule has 1 aliphatic heterocycles. The first-order valence-electron chi connectivity index (χ1n) is 9.48. The number of aliphatic hydroxyl groups excluding tert-OH is 1. The Kier molecular flexibility index (Phi) is 6.15. The molecule has 1 heterocycles. The van der Waals surface area contributed by atoms with Crippen molar-refractivity contribution in [2.75, 3.05) is 33.3 Å². The minimum atomic E-state index is -0.230. The van der Waals surface area contributed by atoms with Gasteiger partial charge >= 0.3 is 0 Å². The van der Waals surface area contributed by atoms with Crippen LogP contribution in [0, 0.1) is 11.8 Å². The van der Waals surface area contributed by atoms with E-state index < -0.39 is 0 Å². The summed E-state index contributed by atoms with van der Waals surface area (Å²) in [5, 5.41) is 16.4. The lowest BCUT2D eigenvalue weighted by Gasteiger charge is -2.31. The molecule has 144 valence electrons. The molecular weight excluding hydrogens is 362 g/mol. The molecule has 4 rings (SSSR count). The molecule has 0 aromatic heterocycles. The number of allylic oxidation sites excluding steroid dienone is 4. The molecule has 27 heavy (non-hydrogen) atoms. The topological polar surface area (TPSA) is 56.1 Å². The van der Waals surface area contributed by atoms with E-state index in [0.717, 1.165) is 23.5 Å². The van der Waals surface area contributed by atoms with E-state index in [-0.39, 0.29) is 24.2 Å². The van der Waals surface area contributed by atoms with Crippen molar-refractivity contribution in [3.63, 3.8) is 0 Å². The number of Topliss-reactive ketones (excluding diaryl/α,β-unsaturated/α-hetero) is 1. The summed E-state index contributed by atoms with van der Waals surface area (Å²) >= 11 is 6.32. The quantitative estimate of drug-likeness (QED) is 0.843. The van der Waals surface area contributed by atoms with Gasteiger partial charge in [0.05, 0.1) is 35.7 Å². The lowest BCUT2D eigenvalue weighted by molar-refractivity contribution is 0.0924. The monoisotopic (exact) mass is 387 g/mol. The zero-order valence-corrected chi connectivity index (χ0v) is 16.8. The predicted octanol–water partition coefficient (Wildman–Crippen LogP) is 3.19. The maximum atomic E-state index is 13.0. The molecule has 0 amide bonds. The molecule has 0 bridgehead atoms. The van der Waals surface area contributed by atoms with Crippen LogP contribution >= 0.6 is 11.6 Å². The Labute approximate surface area is 165 Å². The number of benzene rings is 1. The predicted molar refractivity (Wildman–Crippen MR) is 109 cm³/mol. The number of ketones is 1. The summed E-state index contributed by atoms with van der Waals surface area (Å²) in [5.74, 6) is -0.177. The lowest BCUT2D eigenvalue weighted by atomic mass is 9.71. The van der Waals surface area contributed by atoms with Crippen molar-refractivity contribution in [2.45, 2.75) is 13.8 Å². The number of hydrogen-bond donors (Lipinski definition) is 1. The van der Waals surface area contributed by atoms with E-state index in [9.17, 15) is 4.79 Å². The van der Waals surface area contributed by atoms with Gasteiger partial charge in [0.25, 0.3) is 0 Å². The van der Waals surface area contributed by atoms with Crippen LogP contribution in [0.5, 0.6) is 0 Å². The third-order valence-electron chi connectivity index (χ3n) is 5.10. The highest BCUT2D eigenvalue weighted by molar-refractivity contribution is 6.36. The number of fused-ring (bicyclic) bond motifs is 2. The minimum Gasteiger partial charge on any atom is -0.395 e. The molecule has 3 aliphatic rings. The molecule has 5 nitrogen and oxygen atoms in total. The molecule has 6 heteroatoms. The molecule has 0 saturated carbocycles. The molecule has 0 saturated heterocycles. The zero-order chi connectivity index (χ0) is 19.6. The first-order chi connectivity index (χ1) is 13.1. The van der Waals surface area contributed by atoms with Crippen LogP contribution in [-0.2, 0) is 0 Å². The Balaban J connectivity index is 0.00000102. The van der Waals surface area contributed by atoms with Gasteiger partial charge < -0.3 is 10.0 Å². The van der Waals surface area contributed by atoms with Gasteiger partial charge in [0, 0.05) is 29.9 Å². The van der Waals surface area contributed by atoms with Crippen LogP contribution in [0.1, 0.15) is 29.8 Å². The molecule has 0 fully saturated rings. The summed E-state index contributed by atoms with van der Waals surface area (Å²) in [7, 11) is 1.98. The van der Waals surface area contributed by atoms with Crippen LogP contribution in [0.25, 0.3) is 0 Å². The van der Waals surface area contributed by atoms with Gasteiger partial charge in [-0.1, -0.05) is 49.7 Å². The van der Waals surface area contributed by atoms with Gasteiger partial charge in [0.1, 0.15) is 0 Å². The van der Waals surface area contributed by atoms with E-state index in [1.165, 1.54) is 0 Å². The highest BCUT2D eigenvalue weighted by Crippen LogP contribution is 2.44. The average molecular weight is 388 g/mol. The zero-order valence-electron chi connectivity index (χ0n) is 16.0. The second kappa shape index (κ2) is 8.38. The summed E-state index contributed by atoms with van der Waals surface area (Å²) in [6, 6.07) is 5.57. The van der Waals surface area contributed by atoms with E-state index in [2.05, 4.69) is 4.90 Å². The van der Waals surface area contributed by atoms with Gasteiger partial charge in [-0.2, -0.15) is 5.10 Å². The van der Waals surface area contributed by atoms with Crippen molar-refractivity contribution in [1.29, 1.82) is 0 Å². The fourth-order valence-electron chi connectivity index (χ4n) is 3.82. The van der Waals surface area contributed by atoms with Crippen LogP contribution in [0.3, 0.4) is 0 Å². The van der Waals surface area contributed by atoms with Crippen LogP contribution in [-0.4, -0.2) is 59.8 Å². The van der Waals surface area contributed by atoms with Gasteiger partial charge in [0.15, 0.2) is 5.78 Å². The number of carbonyl (C=O) groups is 1. The summed E-state index contributed by atoms with van der Waals surface area (Å²) in [4.78, 5) is 15.0. The van der Waals surface area contributed by atoms with E-state index in [1.54, 1.807) is 6.07 Å². The van der Waals surface area contributed by atoms with E-state index >= 15 is 0 Å². The van der Waals surface area contributed by atoms with Crippen LogP contribution in [0.2, 0.25) is 5.02 Å². The SMILES string of the molecule is CC.CN(CCO)CCN1N=C2c3cccc(Cl)c3C(=O)C3C=CC=C1C23. The fraction of sp³-hybridized carbons (Fsp3) is 0.429. The van der Waals surface area contributed by atoms with Crippen molar-refractivity contribution in [3.8, 4) is 0 Å². The maximum absolute atomic E-state index is 13.0. The van der Waals surface area contributed by atoms with Crippen LogP contribution in [0.4, 0.5) is 0 Å². The van der Waals surface area contributed by atoms with E-state index in [4.69, 9.17) is 21.8 Å². The Morgan fingerprint density at radius 1 is 1.30 bits per heavy atom. The number of aliphatic hydroxyl groups is 1.